The molecule has 2 heterocycles. The van der Waals surface area contributed by atoms with Crippen molar-refractivity contribution in [2.75, 3.05) is 20.2 Å². The number of aromatic nitrogens is 2. The molecule has 1 aromatic rings. The van der Waals surface area contributed by atoms with Gasteiger partial charge < -0.3 is 14.6 Å². The van der Waals surface area contributed by atoms with Crippen LogP contribution >= 0.6 is 0 Å². The number of imidazole rings is 1. The molecule has 4 heteroatoms. The van der Waals surface area contributed by atoms with Crippen molar-refractivity contribution in [3.8, 4) is 0 Å². The molecule has 15 heavy (non-hydrogen) atoms. The molecule has 0 aromatic carbocycles. The lowest BCUT2D eigenvalue weighted by Gasteiger charge is -2.38. The summed E-state index contributed by atoms with van der Waals surface area (Å²) in [5, 5.41) is 3.31. The molecular formula is C11H17N3O. The van der Waals surface area contributed by atoms with Crippen molar-refractivity contribution >= 4 is 0 Å². The number of ether oxygens (including phenoxy) is 1. The molecule has 2 aliphatic rings. The summed E-state index contributed by atoms with van der Waals surface area (Å²) in [6.45, 7) is 2.21. The van der Waals surface area contributed by atoms with Crippen LogP contribution in [-0.2, 0) is 4.74 Å². The summed E-state index contributed by atoms with van der Waals surface area (Å²) in [6.07, 6.45) is 6.74. The van der Waals surface area contributed by atoms with Gasteiger partial charge in [-0.25, -0.2) is 4.98 Å². The van der Waals surface area contributed by atoms with Crippen LogP contribution < -0.4 is 5.32 Å². The molecule has 0 spiro atoms. The largest absolute Gasteiger partial charge is 0.381 e. The molecular weight excluding hydrogens is 190 g/mol. The van der Waals surface area contributed by atoms with Gasteiger partial charge >= 0.3 is 0 Å². The van der Waals surface area contributed by atoms with Crippen LogP contribution in [0.2, 0.25) is 0 Å². The highest BCUT2D eigenvalue weighted by Crippen LogP contribution is 2.36. The topological polar surface area (TPSA) is 39.1 Å². The van der Waals surface area contributed by atoms with Gasteiger partial charge in [-0.15, -0.1) is 0 Å². The molecule has 0 atom stereocenters. The van der Waals surface area contributed by atoms with Crippen molar-refractivity contribution in [3.05, 3.63) is 18.2 Å². The molecule has 1 saturated heterocycles. The Balaban J connectivity index is 1.72. The monoisotopic (exact) mass is 207 g/mol. The molecule has 2 fully saturated rings. The molecule has 82 valence electrons. The number of hydrogen-bond acceptors (Lipinski definition) is 3. The normalized spacial score (nSPS) is 31.0. The summed E-state index contributed by atoms with van der Waals surface area (Å²) >= 11 is 0. The van der Waals surface area contributed by atoms with Gasteiger partial charge in [-0.2, -0.15) is 0 Å². The van der Waals surface area contributed by atoms with E-state index in [1.54, 1.807) is 7.11 Å². The molecule has 0 amide bonds. The van der Waals surface area contributed by atoms with Gasteiger partial charge in [-0.1, -0.05) is 0 Å². The molecule has 3 rings (SSSR count). The van der Waals surface area contributed by atoms with Gasteiger partial charge in [0.2, 0.25) is 0 Å². The Morgan fingerprint density at radius 2 is 2.27 bits per heavy atom. The maximum absolute atomic E-state index is 5.31. The summed E-state index contributed by atoms with van der Waals surface area (Å²) in [6, 6.07) is 0.619. The van der Waals surface area contributed by atoms with Crippen molar-refractivity contribution in [1.82, 2.24) is 14.9 Å². The van der Waals surface area contributed by atoms with Crippen LogP contribution in [-0.4, -0.2) is 35.9 Å². The first-order valence-corrected chi connectivity index (χ1v) is 5.63. The second-order valence-corrected chi connectivity index (χ2v) is 4.56. The molecule has 4 nitrogen and oxygen atoms in total. The van der Waals surface area contributed by atoms with E-state index in [4.69, 9.17) is 4.74 Å². The van der Waals surface area contributed by atoms with Crippen LogP contribution in [0.25, 0.3) is 0 Å². The molecule has 0 unspecified atom stereocenters. The Morgan fingerprint density at radius 3 is 2.87 bits per heavy atom. The van der Waals surface area contributed by atoms with E-state index in [0.29, 0.717) is 18.1 Å². The molecule has 1 N–H and O–H groups in total. The van der Waals surface area contributed by atoms with Crippen molar-refractivity contribution in [3.63, 3.8) is 0 Å². The van der Waals surface area contributed by atoms with Crippen LogP contribution in [0, 0.1) is 0 Å². The third-order valence-electron chi connectivity index (χ3n) is 3.69. The van der Waals surface area contributed by atoms with E-state index in [9.17, 15) is 0 Å². The molecule has 1 aliphatic carbocycles. The number of methoxy groups -OCH3 is 1. The second-order valence-electron chi connectivity index (χ2n) is 4.56. The molecule has 0 bridgehead atoms. The van der Waals surface area contributed by atoms with Gasteiger partial charge in [0.1, 0.15) is 0 Å². The van der Waals surface area contributed by atoms with Gasteiger partial charge in [0.25, 0.3) is 0 Å². The predicted octanol–water partition coefficient (Wildman–Crippen LogP) is 0.920. The summed E-state index contributed by atoms with van der Waals surface area (Å²) in [5.74, 6) is 0.675. The van der Waals surface area contributed by atoms with Crippen molar-refractivity contribution < 1.29 is 4.74 Å². The standard InChI is InChI=1S/C11H17N3O/c1-15-10-2-9(3-10)14-7-13-6-11(14)8-4-12-5-8/h6-10,12H,2-5H2,1H3. The minimum atomic E-state index is 0.463. The molecule has 1 aliphatic heterocycles. The maximum atomic E-state index is 5.31. The third kappa shape index (κ3) is 1.48. The predicted molar refractivity (Wildman–Crippen MR) is 56.9 cm³/mol. The van der Waals surface area contributed by atoms with E-state index in [2.05, 4.69) is 14.9 Å². The van der Waals surface area contributed by atoms with Gasteiger partial charge in [0.05, 0.1) is 12.4 Å². The minimum Gasteiger partial charge on any atom is -0.381 e. The fourth-order valence-electron chi connectivity index (χ4n) is 2.39. The quantitative estimate of drug-likeness (QED) is 0.801. The first-order chi connectivity index (χ1) is 7.38. The first kappa shape index (κ1) is 9.36. The molecule has 0 radical (unpaired) electrons. The number of hydrogen-bond donors (Lipinski definition) is 1. The number of nitrogens with one attached hydrogen (secondary N) is 1. The molecule has 1 aromatic heterocycles. The van der Waals surface area contributed by atoms with Crippen LogP contribution in [0.1, 0.15) is 30.5 Å². The summed E-state index contributed by atoms with van der Waals surface area (Å²) in [4.78, 5) is 4.27. The van der Waals surface area contributed by atoms with E-state index in [-0.39, 0.29) is 0 Å². The highest BCUT2D eigenvalue weighted by Gasteiger charge is 2.33. The SMILES string of the molecule is COC1CC(n2cncc2C2CNC2)C1. The summed E-state index contributed by atoms with van der Waals surface area (Å²) in [7, 11) is 1.80. The van der Waals surface area contributed by atoms with Crippen molar-refractivity contribution in [2.24, 2.45) is 0 Å². The first-order valence-electron chi connectivity index (χ1n) is 5.63. The van der Waals surface area contributed by atoms with Crippen molar-refractivity contribution in [2.45, 2.75) is 30.9 Å². The highest BCUT2D eigenvalue weighted by atomic mass is 16.5. The molecule has 1 saturated carbocycles. The Morgan fingerprint density at radius 1 is 1.47 bits per heavy atom. The van der Waals surface area contributed by atoms with Gasteiger partial charge in [0, 0.05) is 44.0 Å². The third-order valence-corrected chi connectivity index (χ3v) is 3.69. The highest BCUT2D eigenvalue weighted by molar-refractivity contribution is 5.13. The van der Waals surface area contributed by atoms with E-state index < -0.39 is 0 Å². The van der Waals surface area contributed by atoms with Gasteiger partial charge in [-0.05, 0) is 12.8 Å². The van der Waals surface area contributed by atoms with Crippen molar-refractivity contribution in [1.29, 1.82) is 0 Å². The van der Waals surface area contributed by atoms with E-state index >= 15 is 0 Å². The summed E-state index contributed by atoms with van der Waals surface area (Å²) < 4.78 is 7.66. The average Bonchev–Trinajstić information content (AvgIpc) is 2.49. The van der Waals surface area contributed by atoms with E-state index in [0.717, 1.165) is 25.9 Å². The van der Waals surface area contributed by atoms with Crippen LogP contribution in [0.3, 0.4) is 0 Å². The Bertz CT molecular complexity index is 339. The fourth-order valence-corrected chi connectivity index (χ4v) is 2.39. The van der Waals surface area contributed by atoms with Crippen LogP contribution in [0.4, 0.5) is 0 Å². The van der Waals surface area contributed by atoms with E-state index in [1.165, 1.54) is 5.69 Å². The number of rotatable bonds is 3. The van der Waals surface area contributed by atoms with E-state index in [1.807, 2.05) is 12.5 Å². The number of nitrogens with zero attached hydrogens (tertiary/aromatic N) is 2. The Hall–Kier alpha value is -0.870. The zero-order chi connectivity index (χ0) is 10.3. The zero-order valence-corrected chi connectivity index (χ0v) is 9.02. The fraction of sp³-hybridized carbons (Fsp3) is 0.727. The van der Waals surface area contributed by atoms with Gasteiger partial charge in [0.15, 0.2) is 0 Å². The lowest BCUT2D eigenvalue weighted by atomic mass is 9.88. The summed E-state index contributed by atoms with van der Waals surface area (Å²) in [5.41, 5.74) is 1.40. The zero-order valence-electron chi connectivity index (χ0n) is 9.02. The van der Waals surface area contributed by atoms with Crippen LogP contribution in [0.15, 0.2) is 12.5 Å². The maximum Gasteiger partial charge on any atom is 0.0950 e. The lowest BCUT2D eigenvalue weighted by molar-refractivity contribution is 0.00496. The average molecular weight is 207 g/mol. The lowest BCUT2D eigenvalue weighted by Crippen LogP contribution is -2.42. The van der Waals surface area contributed by atoms with Crippen LogP contribution in [0.5, 0.6) is 0 Å². The minimum absolute atomic E-state index is 0.463. The smallest absolute Gasteiger partial charge is 0.0950 e. The van der Waals surface area contributed by atoms with Gasteiger partial charge in [-0.3, -0.25) is 0 Å². The Labute approximate surface area is 89.6 Å². The Kier molecular flexibility index (Phi) is 2.25. The second kappa shape index (κ2) is 3.61.